The third-order valence-corrected chi connectivity index (χ3v) is 4.51. The Labute approximate surface area is 172 Å². The predicted octanol–water partition coefficient (Wildman–Crippen LogP) is 2.46. The molecule has 0 aliphatic rings. The lowest BCUT2D eigenvalue weighted by molar-refractivity contribution is -0.385. The molecule has 0 radical (unpaired) electrons. The van der Waals surface area contributed by atoms with E-state index < -0.39 is 34.2 Å². The monoisotopic (exact) mass is 408 g/mol. The van der Waals surface area contributed by atoms with Crippen LogP contribution in [0.1, 0.15) is 21.6 Å². The van der Waals surface area contributed by atoms with Gasteiger partial charge < -0.3 is 10.4 Å². The van der Waals surface area contributed by atoms with Gasteiger partial charge >= 0.3 is 11.7 Å². The molecule has 2 N–H and O–H groups in total. The van der Waals surface area contributed by atoms with Crippen LogP contribution in [0.25, 0.3) is 0 Å². The number of nitro groups is 1. The van der Waals surface area contributed by atoms with Crippen molar-refractivity contribution in [3.05, 3.63) is 93.8 Å². The van der Waals surface area contributed by atoms with Crippen molar-refractivity contribution >= 4 is 17.6 Å². The van der Waals surface area contributed by atoms with Crippen LogP contribution in [-0.4, -0.2) is 37.7 Å². The average molecular weight is 408 g/mol. The molecule has 9 heteroatoms. The molecule has 30 heavy (non-hydrogen) atoms. The van der Waals surface area contributed by atoms with Gasteiger partial charge in [-0.25, -0.2) is 4.79 Å². The molecule has 1 heterocycles. The summed E-state index contributed by atoms with van der Waals surface area (Å²) in [7, 11) is 0. The molecule has 0 saturated heterocycles. The van der Waals surface area contributed by atoms with E-state index in [1.807, 2.05) is 30.3 Å². The van der Waals surface area contributed by atoms with Crippen molar-refractivity contribution in [3.8, 4) is 0 Å². The number of carbonyl (C=O) groups excluding carboxylic acids is 1. The van der Waals surface area contributed by atoms with Crippen LogP contribution in [0.15, 0.2) is 66.9 Å². The second-order valence-corrected chi connectivity index (χ2v) is 6.67. The van der Waals surface area contributed by atoms with Crippen molar-refractivity contribution in [2.45, 2.75) is 25.4 Å². The van der Waals surface area contributed by atoms with Crippen LogP contribution in [0.2, 0.25) is 0 Å². The van der Waals surface area contributed by atoms with Crippen LogP contribution in [-0.2, 0) is 24.2 Å². The molecule has 9 nitrogen and oxygen atoms in total. The van der Waals surface area contributed by atoms with Gasteiger partial charge in [-0.2, -0.15) is 5.10 Å². The second-order valence-electron chi connectivity index (χ2n) is 6.67. The van der Waals surface area contributed by atoms with Crippen LogP contribution in [0, 0.1) is 10.1 Å². The minimum absolute atomic E-state index is 0.0461. The fraction of sp³-hybridized carbons (Fsp3) is 0.190. The Morgan fingerprint density at radius 2 is 1.67 bits per heavy atom. The van der Waals surface area contributed by atoms with E-state index >= 15 is 0 Å². The van der Waals surface area contributed by atoms with Gasteiger partial charge in [0, 0.05) is 13.0 Å². The Morgan fingerprint density at radius 1 is 1.07 bits per heavy atom. The lowest BCUT2D eigenvalue weighted by atomic mass is 10.1. The normalized spacial score (nSPS) is 11.6. The van der Waals surface area contributed by atoms with Crippen LogP contribution in [0.5, 0.6) is 0 Å². The number of aromatic nitrogens is 2. The van der Waals surface area contributed by atoms with Crippen LogP contribution in [0.3, 0.4) is 0 Å². The van der Waals surface area contributed by atoms with E-state index in [1.54, 1.807) is 30.3 Å². The zero-order valence-corrected chi connectivity index (χ0v) is 16.0. The number of aryl methyl sites for hydroxylation is 2. The van der Waals surface area contributed by atoms with E-state index in [0.29, 0.717) is 18.5 Å². The first-order chi connectivity index (χ1) is 14.4. The highest BCUT2D eigenvalue weighted by Crippen LogP contribution is 2.18. The molecule has 0 aliphatic carbocycles. The predicted molar refractivity (Wildman–Crippen MR) is 108 cm³/mol. The van der Waals surface area contributed by atoms with Crippen molar-refractivity contribution in [3.63, 3.8) is 0 Å². The summed E-state index contributed by atoms with van der Waals surface area (Å²) in [4.78, 5) is 34.9. The van der Waals surface area contributed by atoms with Crippen LogP contribution < -0.4 is 5.32 Å². The smallest absolute Gasteiger partial charge is 0.326 e. The fourth-order valence-electron chi connectivity index (χ4n) is 2.99. The summed E-state index contributed by atoms with van der Waals surface area (Å²) in [5, 5.41) is 27.2. The van der Waals surface area contributed by atoms with E-state index in [2.05, 4.69) is 10.4 Å². The molecular weight excluding hydrogens is 388 g/mol. The Morgan fingerprint density at radius 3 is 2.23 bits per heavy atom. The zero-order chi connectivity index (χ0) is 21.5. The molecule has 1 unspecified atom stereocenters. The molecule has 1 amide bonds. The number of rotatable bonds is 9. The first-order valence-corrected chi connectivity index (χ1v) is 9.27. The summed E-state index contributed by atoms with van der Waals surface area (Å²) in [5.41, 5.74) is 0.861. The minimum atomic E-state index is -1.24. The number of nitrogens with one attached hydrogen (secondary N) is 1. The number of benzene rings is 2. The molecule has 1 atom stereocenters. The quantitative estimate of drug-likeness (QED) is 0.414. The maximum absolute atomic E-state index is 12.6. The number of carbonyl (C=O) groups is 2. The van der Waals surface area contributed by atoms with Gasteiger partial charge in [-0.15, -0.1) is 0 Å². The number of nitrogens with zero attached hydrogens (tertiary/aromatic N) is 3. The van der Waals surface area contributed by atoms with Gasteiger partial charge in [0.15, 0.2) is 0 Å². The highest BCUT2D eigenvalue weighted by atomic mass is 16.6. The Bertz CT molecular complexity index is 1030. The third-order valence-electron chi connectivity index (χ3n) is 4.51. The van der Waals surface area contributed by atoms with E-state index in [0.717, 1.165) is 5.56 Å². The number of hydrogen-bond donors (Lipinski definition) is 2. The number of aliphatic carboxylic acids is 1. The molecule has 0 saturated carbocycles. The van der Waals surface area contributed by atoms with E-state index in [-0.39, 0.29) is 6.42 Å². The van der Waals surface area contributed by atoms with Gasteiger partial charge in [0.25, 0.3) is 5.91 Å². The van der Waals surface area contributed by atoms with Crippen molar-refractivity contribution in [2.24, 2.45) is 0 Å². The van der Waals surface area contributed by atoms with Crippen LogP contribution >= 0.6 is 0 Å². The van der Waals surface area contributed by atoms with Gasteiger partial charge in [0.05, 0.1) is 4.92 Å². The van der Waals surface area contributed by atoms with Crippen molar-refractivity contribution < 1.29 is 19.6 Å². The maximum atomic E-state index is 12.6. The summed E-state index contributed by atoms with van der Waals surface area (Å²) >= 11 is 0. The van der Waals surface area contributed by atoms with Gasteiger partial charge in [0.2, 0.25) is 5.69 Å². The molecule has 1 aromatic heterocycles. The lowest BCUT2D eigenvalue weighted by Crippen LogP contribution is -2.42. The Balaban J connectivity index is 1.75. The lowest BCUT2D eigenvalue weighted by Gasteiger charge is -2.13. The maximum Gasteiger partial charge on any atom is 0.326 e. The van der Waals surface area contributed by atoms with Crippen LogP contribution in [0.4, 0.5) is 5.69 Å². The van der Waals surface area contributed by atoms with Gasteiger partial charge in [-0.1, -0.05) is 60.7 Å². The Kier molecular flexibility index (Phi) is 6.53. The molecule has 3 rings (SSSR count). The number of amides is 1. The molecule has 2 aromatic carbocycles. The molecule has 0 bridgehead atoms. The molecule has 154 valence electrons. The highest BCUT2D eigenvalue weighted by molar-refractivity contribution is 5.98. The highest BCUT2D eigenvalue weighted by Gasteiger charge is 2.29. The van der Waals surface area contributed by atoms with Gasteiger partial charge in [0.1, 0.15) is 12.2 Å². The summed E-state index contributed by atoms with van der Waals surface area (Å²) in [6, 6.07) is 17.1. The summed E-state index contributed by atoms with van der Waals surface area (Å²) < 4.78 is 1.33. The topological polar surface area (TPSA) is 127 Å². The largest absolute Gasteiger partial charge is 0.480 e. The molecule has 3 aromatic rings. The first-order valence-electron chi connectivity index (χ1n) is 9.27. The molecule has 0 fully saturated rings. The summed E-state index contributed by atoms with van der Waals surface area (Å²) in [6.45, 7) is 0.338. The SMILES string of the molecule is O=C(NC(Cc1ccccc1)C(=O)O)c1nn(CCc2ccccc2)cc1[N+](=O)[O-]. The molecule has 0 spiro atoms. The number of carboxylic acid groups (broad SMARTS) is 1. The number of hydrogen-bond acceptors (Lipinski definition) is 5. The average Bonchev–Trinajstić information content (AvgIpc) is 3.18. The van der Waals surface area contributed by atoms with Crippen molar-refractivity contribution in [1.29, 1.82) is 0 Å². The van der Waals surface area contributed by atoms with Crippen molar-refractivity contribution in [1.82, 2.24) is 15.1 Å². The van der Waals surface area contributed by atoms with E-state index in [1.165, 1.54) is 10.9 Å². The summed E-state index contributed by atoms with van der Waals surface area (Å²) in [6.07, 6.45) is 1.81. The summed E-state index contributed by atoms with van der Waals surface area (Å²) in [5.74, 6) is -2.14. The minimum Gasteiger partial charge on any atom is -0.480 e. The molecular formula is C21H20N4O5. The Hall–Kier alpha value is -4.01. The third kappa shape index (κ3) is 5.28. The zero-order valence-electron chi connectivity index (χ0n) is 16.0. The van der Waals surface area contributed by atoms with E-state index in [4.69, 9.17) is 0 Å². The van der Waals surface area contributed by atoms with Gasteiger partial charge in [-0.3, -0.25) is 19.6 Å². The second kappa shape index (κ2) is 9.46. The fourth-order valence-corrected chi connectivity index (χ4v) is 2.99. The van der Waals surface area contributed by atoms with Gasteiger partial charge in [-0.05, 0) is 17.5 Å². The van der Waals surface area contributed by atoms with Crippen molar-refractivity contribution in [2.75, 3.05) is 0 Å². The first kappa shape index (κ1) is 20.7. The standard InChI is InChI=1S/C21H20N4O5/c26-20(22-17(21(27)28)13-16-9-5-2-6-10-16)19-18(25(29)30)14-24(23-19)12-11-15-7-3-1-4-8-15/h1-10,14,17H,11-13H2,(H,22,26)(H,27,28). The molecule has 0 aliphatic heterocycles. The number of carboxylic acids is 1. The van der Waals surface area contributed by atoms with E-state index in [9.17, 15) is 24.8 Å².